The van der Waals surface area contributed by atoms with Crippen LogP contribution in [0.4, 0.5) is 13.2 Å². The third-order valence-corrected chi connectivity index (χ3v) is 2.63. The van der Waals surface area contributed by atoms with E-state index in [2.05, 4.69) is 0 Å². The quantitative estimate of drug-likeness (QED) is 0.876. The van der Waals surface area contributed by atoms with Gasteiger partial charge in [-0.1, -0.05) is 20.3 Å². The van der Waals surface area contributed by atoms with Gasteiger partial charge in [0.1, 0.15) is 17.5 Å². The zero-order valence-electron chi connectivity index (χ0n) is 9.14. The molecule has 1 rings (SSSR count). The molecule has 0 aliphatic heterocycles. The van der Waals surface area contributed by atoms with Crippen LogP contribution in [0, 0.1) is 23.4 Å². The average Bonchev–Trinajstić information content (AvgIpc) is 2.14. The summed E-state index contributed by atoms with van der Waals surface area (Å²) < 4.78 is 39.2. The molecule has 2 N–H and O–H groups in total. The molecule has 0 fully saturated rings. The molecule has 92 valence electrons. The van der Waals surface area contributed by atoms with Crippen LogP contribution in [0.3, 0.4) is 0 Å². The molecule has 0 saturated heterocycles. The van der Waals surface area contributed by atoms with Gasteiger partial charge in [0.15, 0.2) is 0 Å². The van der Waals surface area contributed by atoms with Crippen molar-refractivity contribution in [2.75, 3.05) is 0 Å². The fraction of sp³-hybridized carbons (Fsp3) is 0.455. The normalized spacial score (nSPS) is 14.1. The van der Waals surface area contributed by atoms with E-state index in [1.807, 2.05) is 6.92 Å². The third kappa shape index (κ3) is 3.12. The summed E-state index contributed by atoms with van der Waals surface area (Å²) >= 11 is 0. The minimum absolute atomic E-state index is 0. The van der Waals surface area contributed by atoms with Gasteiger partial charge in [-0.15, -0.1) is 12.4 Å². The summed E-state index contributed by atoms with van der Waals surface area (Å²) in [6, 6.07) is 0.567. The zero-order valence-corrected chi connectivity index (χ0v) is 9.95. The topological polar surface area (TPSA) is 26.0 Å². The molecule has 1 unspecified atom stereocenters. The Labute approximate surface area is 99.2 Å². The second-order valence-corrected chi connectivity index (χ2v) is 3.69. The van der Waals surface area contributed by atoms with Gasteiger partial charge in [0, 0.05) is 23.7 Å². The minimum Gasteiger partial charge on any atom is -0.324 e. The van der Waals surface area contributed by atoms with Crippen LogP contribution in [0.2, 0.25) is 0 Å². The van der Waals surface area contributed by atoms with Crippen LogP contribution >= 0.6 is 12.4 Å². The summed E-state index contributed by atoms with van der Waals surface area (Å²) in [5, 5.41) is 0. The van der Waals surface area contributed by atoms with E-state index in [1.54, 1.807) is 6.92 Å². The van der Waals surface area contributed by atoms with Crippen LogP contribution in [-0.4, -0.2) is 0 Å². The van der Waals surface area contributed by atoms with E-state index in [1.165, 1.54) is 0 Å². The highest BCUT2D eigenvalue weighted by atomic mass is 35.5. The van der Waals surface area contributed by atoms with Gasteiger partial charge in [0.25, 0.3) is 0 Å². The molecule has 0 aliphatic carbocycles. The van der Waals surface area contributed by atoms with Gasteiger partial charge in [-0.3, -0.25) is 0 Å². The van der Waals surface area contributed by atoms with E-state index in [9.17, 15) is 13.2 Å². The van der Waals surface area contributed by atoms with Crippen molar-refractivity contribution >= 4 is 12.4 Å². The Kier molecular flexibility index (Phi) is 5.83. The first-order valence-corrected chi connectivity index (χ1v) is 4.87. The fourth-order valence-electron chi connectivity index (χ4n) is 1.41. The number of benzene rings is 1. The highest BCUT2D eigenvalue weighted by molar-refractivity contribution is 5.85. The molecule has 0 radical (unpaired) electrons. The van der Waals surface area contributed by atoms with Gasteiger partial charge in [0.05, 0.1) is 0 Å². The fourth-order valence-corrected chi connectivity index (χ4v) is 1.41. The highest BCUT2D eigenvalue weighted by Gasteiger charge is 2.21. The molecule has 1 aromatic rings. The highest BCUT2D eigenvalue weighted by Crippen LogP contribution is 2.27. The van der Waals surface area contributed by atoms with Crippen molar-refractivity contribution in [3.8, 4) is 0 Å². The van der Waals surface area contributed by atoms with Crippen molar-refractivity contribution in [3.63, 3.8) is 0 Å². The van der Waals surface area contributed by atoms with Gasteiger partial charge in [0.2, 0.25) is 0 Å². The average molecular weight is 254 g/mol. The minimum atomic E-state index is -0.926. The monoisotopic (exact) mass is 253 g/mol. The predicted octanol–water partition coefficient (Wildman–Crippen LogP) is 3.57. The Hall–Kier alpha value is -0.740. The molecule has 0 bridgehead atoms. The molecule has 0 amide bonds. The summed E-state index contributed by atoms with van der Waals surface area (Å²) in [6.07, 6.45) is 0.706. The number of rotatable bonds is 3. The number of halogens is 4. The Morgan fingerprint density at radius 1 is 1.19 bits per heavy atom. The van der Waals surface area contributed by atoms with Crippen molar-refractivity contribution in [1.82, 2.24) is 0 Å². The molecular weight excluding hydrogens is 239 g/mol. The first-order valence-electron chi connectivity index (χ1n) is 4.87. The summed E-state index contributed by atoms with van der Waals surface area (Å²) in [7, 11) is 0. The van der Waals surface area contributed by atoms with Crippen LogP contribution in [0.1, 0.15) is 31.9 Å². The number of hydrogen-bond acceptors (Lipinski definition) is 1. The molecule has 0 saturated carbocycles. The second kappa shape index (κ2) is 6.11. The summed E-state index contributed by atoms with van der Waals surface area (Å²) in [4.78, 5) is 0. The van der Waals surface area contributed by atoms with E-state index < -0.39 is 23.5 Å². The van der Waals surface area contributed by atoms with E-state index in [0.29, 0.717) is 18.6 Å². The largest absolute Gasteiger partial charge is 0.324 e. The molecule has 0 spiro atoms. The summed E-state index contributed by atoms with van der Waals surface area (Å²) in [5.41, 5.74) is 5.47. The molecule has 5 heteroatoms. The first kappa shape index (κ1) is 15.3. The molecule has 1 nitrogen and oxygen atoms in total. The van der Waals surface area contributed by atoms with Gasteiger partial charge >= 0.3 is 0 Å². The lowest BCUT2D eigenvalue weighted by Crippen LogP contribution is -2.21. The lowest BCUT2D eigenvalue weighted by molar-refractivity contribution is 0.415. The smallest absolute Gasteiger partial charge is 0.133 e. The maximum absolute atomic E-state index is 13.3. The Morgan fingerprint density at radius 3 is 2.00 bits per heavy atom. The molecule has 0 aliphatic rings. The SMILES string of the molecule is CCC(C)[C@H](N)c1c(F)cc(F)cc1F.Cl. The van der Waals surface area contributed by atoms with Crippen molar-refractivity contribution in [1.29, 1.82) is 0 Å². The van der Waals surface area contributed by atoms with Crippen LogP contribution < -0.4 is 5.73 Å². The Balaban J connectivity index is 0.00000225. The molecule has 0 heterocycles. The van der Waals surface area contributed by atoms with Gasteiger partial charge in [-0.25, -0.2) is 13.2 Å². The second-order valence-electron chi connectivity index (χ2n) is 3.69. The predicted molar refractivity (Wildman–Crippen MR) is 59.9 cm³/mol. The van der Waals surface area contributed by atoms with Crippen molar-refractivity contribution in [2.24, 2.45) is 11.7 Å². The Morgan fingerprint density at radius 2 is 1.62 bits per heavy atom. The van der Waals surface area contributed by atoms with Gasteiger partial charge in [-0.2, -0.15) is 0 Å². The third-order valence-electron chi connectivity index (χ3n) is 2.63. The van der Waals surface area contributed by atoms with E-state index in [0.717, 1.165) is 0 Å². The standard InChI is InChI=1S/C11H14F3N.ClH/c1-3-6(2)11(15)10-8(13)4-7(12)5-9(10)14;/h4-6,11H,3,15H2,1-2H3;1H/t6?,11-;/m0./s1. The van der Waals surface area contributed by atoms with Crippen molar-refractivity contribution < 1.29 is 13.2 Å². The van der Waals surface area contributed by atoms with Crippen LogP contribution in [0.25, 0.3) is 0 Å². The summed E-state index contributed by atoms with van der Waals surface area (Å²) in [5.74, 6) is -2.81. The van der Waals surface area contributed by atoms with Crippen molar-refractivity contribution in [2.45, 2.75) is 26.3 Å². The number of nitrogens with two attached hydrogens (primary N) is 1. The number of hydrogen-bond donors (Lipinski definition) is 1. The summed E-state index contributed by atoms with van der Waals surface area (Å²) in [6.45, 7) is 3.68. The zero-order chi connectivity index (χ0) is 11.6. The van der Waals surface area contributed by atoms with Crippen LogP contribution in [0.15, 0.2) is 12.1 Å². The van der Waals surface area contributed by atoms with Crippen molar-refractivity contribution in [3.05, 3.63) is 35.1 Å². The maximum Gasteiger partial charge on any atom is 0.133 e. The van der Waals surface area contributed by atoms with Gasteiger partial charge < -0.3 is 5.73 Å². The lowest BCUT2D eigenvalue weighted by Gasteiger charge is -2.19. The molecule has 1 aromatic carbocycles. The molecule has 16 heavy (non-hydrogen) atoms. The van der Waals surface area contributed by atoms with Crippen LogP contribution in [0.5, 0.6) is 0 Å². The van der Waals surface area contributed by atoms with Gasteiger partial charge in [-0.05, 0) is 5.92 Å². The molecule has 0 aromatic heterocycles. The molecule has 2 atom stereocenters. The van der Waals surface area contributed by atoms with E-state index in [4.69, 9.17) is 5.73 Å². The lowest BCUT2D eigenvalue weighted by atomic mass is 9.92. The molecular formula is C11H15ClF3N. The maximum atomic E-state index is 13.3. The van der Waals surface area contributed by atoms with Crippen LogP contribution in [-0.2, 0) is 0 Å². The Bertz CT molecular complexity index is 334. The first-order chi connectivity index (χ1) is 6.97. The van der Waals surface area contributed by atoms with E-state index >= 15 is 0 Å². The van der Waals surface area contributed by atoms with E-state index in [-0.39, 0.29) is 23.9 Å².